The maximum atomic E-state index is 5.71. The largest absolute Gasteiger partial charge is 0.393 e. The average molecular weight is 240 g/mol. The molecule has 16 heavy (non-hydrogen) atoms. The molecule has 0 spiro atoms. The van der Waals surface area contributed by atoms with Crippen molar-refractivity contribution in [2.24, 2.45) is 11.1 Å². The molecule has 2 aliphatic rings. The van der Waals surface area contributed by atoms with Gasteiger partial charge >= 0.3 is 0 Å². The number of rotatable bonds is 5. The van der Waals surface area contributed by atoms with Crippen LogP contribution in [-0.4, -0.2) is 28.5 Å². The first-order valence-electron chi connectivity index (χ1n) is 6.60. The van der Waals surface area contributed by atoms with Crippen LogP contribution in [-0.2, 0) is 0 Å². The van der Waals surface area contributed by atoms with Gasteiger partial charge in [-0.15, -0.1) is 0 Å². The fraction of sp³-hybridized carbons (Fsp3) is 0.923. The summed E-state index contributed by atoms with van der Waals surface area (Å²) >= 11 is 5.07. The Hall–Kier alpha value is -0.150. The van der Waals surface area contributed by atoms with Crippen LogP contribution in [0.15, 0.2) is 0 Å². The molecule has 0 radical (unpaired) electrons. The second kappa shape index (κ2) is 4.61. The highest BCUT2D eigenvalue weighted by Crippen LogP contribution is 2.50. The van der Waals surface area contributed by atoms with Gasteiger partial charge in [0.25, 0.3) is 0 Å². The van der Waals surface area contributed by atoms with Crippen LogP contribution in [0.2, 0.25) is 0 Å². The summed E-state index contributed by atoms with van der Waals surface area (Å²) in [7, 11) is 0. The van der Waals surface area contributed by atoms with Gasteiger partial charge in [-0.2, -0.15) is 0 Å². The molecule has 1 aliphatic heterocycles. The van der Waals surface area contributed by atoms with Gasteiger partial charge in [-0.3, -0.25) is 4.90 Å². The van der Waals surface area contributed by atoms with E-state index in [1.54, 1.807) is 0 Å². The lowest BCUT2D eigenvalue weighted by Crippen LogP contribution is -2.39. The van der Waals surface area contributed by atoms with Crippen LogP contribution < -0.4 is 5.73 Å². The van der Waals surface area contributed by atoms with Crippen LogP contribution in [0.5, 0.6) is 0 Å². The summed E-state index contributed by atoms with van der Waals surface area (Å²) in [5.41, 5.74) is 6.16. The van der Waals surface area contributed by atoms with E-state index in [4.69, 9.17) is 18.0 Å². The van der Waals surface area contributed by atoms with Crippen molar-refractivity contribution in [2.45, 2.75) is 64.5 Å². The summed E-state index contributed by atoms with van der Waals surface area (Å²) in [4.78, 5) is 3.42. The van der Waals surface area contributed by atoms with Gasteiger partial charge in [-0.1, -0.05) is 19.1 Å². The number of nitrogens with zero attached hydrogens (tertiary/aromatic N) is 1. The van der Waals surface area contributed by atoms with E-state index in [1.165, 1.54) is 38.6 Å². The lowest BCUT2D eigenvalue weighted by Gasteiger charge is -2.31. The molecule has 2 fully saturated rings. The molecule has 0 amide bonds. The highest BCUT2D eigenvalue weighted by atomic mass is 32.1. The van der Waals surface area contributed by atoms with Gasteiger partial charge in [-0.05, 0) is 44.4 Å². The summed E-state index contributed by atoms with van der Waals surface area (Å²) in [5, 5.41) is 0. The zero-order valence-corrected chi connectivity index (χ0v) is 11.4. The zero-order chi connectivity index (χ0) is 11.8. The van der Waals surface area contributed by atoms with Crippen LogP contribution in [0, 0.1) is 5.41 Å². The second-order valence-electron chi connectivity index (χ2n) is 5.80. The van der Waals surface area contributed by atoms with Crippen molar-refractivity contribution in [3.8, 4) is 0 Å². The summed E-state index contributed by atoms with van der Waals surface area (Å²) in [6, 6.07) is 1.56. The Morgan fingerprint density at radius 1 is 1.44 bits per heavy atom. The van der Waals surface area contributed by atoms with E-state index < -0.39 is 0 Å². The molecule has 2 rings (SSSR count). The molecular formula is C13H24N2S. The fourth-order valence-electron chi connectivity index (χ4n) is 3.17. The predicted molar refractivity (Wildman–Crippen MR) is 72.6 cm³/mol. The topological polar surface area (TPSA) is 29.3 Å². The first-order chi connectivity index (χ1) is 7.56. The van der Waals surface area contributed by atoms with E-state index in [2.05, 4.69) is 18.7 Å². The molecule has 0 aromatic carbocycles. The number of thiocarbonyl (C=S) groups is 1. The standard InChI is InChI=1S/C13H24N2S/c1-3-11-5-4-10(2)15(11)9-13(6-7-13)8-12(14)16/h10-11H,3-9H2,1-2H3,(H2,14,16). The summed E-state index contributed by atoms with van der Waals surface area (Å²) in [6.07, 6.45) is 7.63. The summed E-state index contributed by atoms with van der Waals surface area (Å²) in [6.45, 7) is 5.90. The normalized spacial score (nSPS) is 32.9. The maximum Gasteiger partial charge on any atom is 0.0733 e. The smallest absolute Gasteiger partial charge is 0.0733 e. The van der Waals surface area contributed by atoms with Crippen LogP contribution in [0.1, 0.15) is 52.4 Å². The van der Waals surface area contributed by atoms with Gasteiger partial charge in [0.05, 0.1) is 4.99 Å². The molecule has 2 nitrogen and oxygen atoms in total. The van der Waals surface area contributed by atoms with Crippen LogP contribution in [0.4, 0.5) is 0 Å². The van der Waals surface area contributed by atoms with E-state index in [9.17, 15) is 0 Å². The van der Waals surface area contributed by atoms with Gasteiger partial charge < -0.3 is 5.73 Å². The van der Waals surface area contributed by atoms with Crippen molar-refractivity contribution in [1.82, 2.24) is 4.90 Å². The molecule has 0 aromatic heterocycles. The van der Waals surface area contributed by atoms with E-state index in [0.29, 0.717) is 10.4 Å². The minimum absolute atomic E-state index is 0.456. The Balaban J connectivity index is 1.95. The Bertz CT molecular complexity index is 273. The van der Waals surface area contributed by atoms with Gasteiger partial charge in [0.2, 0.25) is 0 Å². The monoisotopic (exact) mass is 240 g/mol. The highest BCUT2D eigenvalue weighted by molar-refractivity contribution is 7.80. The van der Waals surface area contributed by atoms with E-state index in [-0.39, 0.29) is 0 Å². The van der Waals surface area contributed by atoms with Gasteiger partial charge in [0.1, 0.15) is 0 Å². The minimum atomic E-state index is 0.456. The van der Waals surface area contributed by atoms with Crippen molar-refractivity contribution >= 4 is 17.2 Å². The zero-order valence-electron chi connectivity index (χ0n) is 10.5. The number of hydrogen-bond acceptors (Lipinski definition) is 2. The quantitative estimate of drug-likeness (QED) is 0.749. The number of likely N-dealkylation sites (tertiary alicyclic amines) is 1. The van der Waals surface area contributed by atoms with Crippen molar-refractivity contribution in [3.05, 3.63) is 0 Å². The minimum Gasteiger partial charge on any atom is -0.393 e. The molecule has 1 heterocycles. The molecule has 2 N–H and O–H groups in total. The first-order valence-corrected chi connectivity index (χ1v) is 7.01. The van der Waals surface area contributed by atoms with E-state index >= 15 is 0 Å². The van der Waals surface area contributed by atoms with Crippen LogP contribution in [0.3, 0.4) is 0 Å². The third kappa shape index (κ3) is 2.57. The van der Waals surface area contributed by atoms with Crippen LogP contribution in [0.25, 0.3) is 0 Å². The Morgan fingerprint density at radius 2 is 2.12 bits per heavy atom. The Morgan fingerprint density at radius 3 is 2.62 bits per heavy atom. The van der Waals surface area contributed by atoms with Crippen molar-refractivity contribution in [2.75, 3.05) is 6.54 Å². The van der Waals surface area contributed by atoms with Gasteiger partial charge in [0.15, 0.2) is 0 Å². The summed E-state index contributed by atoms with van der Waals surface area (Å²) < 4.78 is 0. The van der Waals surface area contributed by atoms with Crippen LogP contribution >= 0.6 is 12.2 Å². The van der Waals surface area contributed by atoms with E-state index in [1.807, 2.05) is 0 Å². The molecule has 1 aliphatic carbocycles. The molecule has 3 heteroatoms. The Kier molecular flexibility index (Phi) is 3.55. The lowest BCUT2D eigenvalue weighted by molar-refractivity contribution is 0.160. The SMILES string of the molecule is CCC1CCC(C)N1CC1(CC(N)=S)CC1. The lowest BCUT2D eigenvalue weighted by atomic mass is 10.0. The maximum absolute atomic E-state index is 5.71. The highest BCUT2D eigenvalue weighted by Gasteiger charge is 2.46. The molecule has 0 bridgehead atoms. The van der Waals surface area contributed by atoms with Crippen molar-refractivity contribution in [3.63, 3.8) is 0 Å². The van der Waals surface area contributed by atoms with Crippen molar-refractivity contribution in [1.29, 1.82) is 0 Å². The first kappa shape index (κ1) is 12.3. The third-order valence-electron chi connectivity index (χ3n) is 4.45. The second-order valence-corrected chi connectivity index (χ2v) is 6.33. The summed E-state index contributed by atoms with van der Waals surface area (Å²) in [5.74, 6) is 0. The molecular weight excluding hydrogens is 216 g/mol. The Labute approximate surface area is 105 Å². The van der Waals surface area contributed by atoms with Gasteiger partial charge in [-0.25, -0.2) is 0 Å². The van der Waals surface area contributed by atoms with Gasteiger partial charge in [0, 0.05) is 25.0 Å². The average Bonchev–Trinajstić information content (AvgIpc) is 2.86. The number of nitrogens with two attached hydrogens (primary N) is 1. The van der Waals surface area contributed by atoms with Crippen molar-refractivity contribution < 1.29 is 0 Å². The predicted octanol–water partition coefficient (Wildman–Crippen LogP) is 2.71. The molecule has 2 unspecified atom stereocenters. The fourth-order valence-corrected chi connectivity index (χ4v) is 3.48. The molecule has 2 atom stereocenters. The molecule has 1 saturated carbocycles. The molecule has 92 valence electrons. The molecule has 1 saturated heterocycles. The number of hydrogen-bond donors (Lipinski definition) is 1. The van der Waals surface area contributed by atoms with E-state index in [0.717, 1.165) is 18.5 Å². The molecule has 0 aromatic rings. The third-order valence-corrected chi connectivity index (χ3v) is 4.59.